The lowest BCUT2D eigenvalue weighted by Gasteiger charge is -2.14. The second-order valence-corrected chi connectivity index (χ2v) is 5.24. The monoisotopic (exact) mass is 336 g/mol. The first kappa shape index (κ1) is 16.6. The van der Waals surface area contributed by atoms with E-state index in [-0.39, 0.29) is 5.56 Å². The van der Waals surface area contributed by atoms with Crippen LogP contribution in [0.4, 0.5) is 0 Å². The van der Waals surface area contributed by atoms with Gasteiger partial charge in [0.2, 0.25) is 0 Å². The number of amides is 2. The van der Waals surface area contributed by atoms with Crippen molar-refractivity contribution in [2.45, 2.75) is 0 Å². The maximum atomic E-state index is 12.3. The van der Waals surface area contributed by atoms with Crippen molar-refractivity contribution in [2.75, 3.05) is 21.3 Å². The summed E-state index contributed by atoms with van der Waals surface area (Å²) in [7, 11) is 4.38. The first-order valence-electron chi connectivity index (χ1n) is 6.55. The molecule has 8 heteroatoms. The van der Waals surface area contributed by atoms with Crippen LogP contribution in [0.5, 0.6) is 17.2 Å². The van der Waals surface area contributed by atoms with Gasteiger partial charge in [-0.1, -0.05) is 6.07 Å². The van der Waals surface area contributed by atoms with Crippen LogP contribution in [-0.2, 0) is 0 Å². The van der Waals surface area contributed by atoms with E-state index in [2.05, 4.69) is 10.9 Å². The largest absolute Gasteiger partial charge is 0.496 e. The Hall–Kier alpha value is -2.74. The third-order valence-corrected chi connectivity index (χ3v) is 3.85. The van der Waals surface area contributed by atoms with Gasteiger partial charge in [0, 0.05) is 12.1 Å². The van der Waals surface area contributed by atoms with Crippen molar-refractivity contribution in [2.24, 2.45) is 0 Å². The summed E-state index contributed by atoms with van der Waals surface area (Å²) < 4.78 is 15.5. The SMILES string of the molecule is COc1cc(OC)c(C(=O)NNC(=O)c2cccs2)cc1OC. The van der Waals surface area contributed by atoms with E-state index in [1.807, 2.05) is 0 Å². The lowest BCUT2D eigenvalue weighted by molar-refractivity contribution is 0.0847. The maximum Gasteiger partial charge on any atom is 0.279 e. The van der Waals surface area contributed by atoms with Crippen LogP contribution in [0.3, 0.4) is 0 Å². The maximum absolute atomic E-state index is 12.3. The van der Waals surface area contributed by atoms with Gasteiger partial charge in [-0.2, -0.15) is 0 Å². The van der Waals surface area contributed by atoms with Crippen LogP contribution < -0.4 is 25.1 Å². The fraction of sp³-hybridized carbons (Fsp3) is 0.200. The number of hydrazine groups is 1. The van der Waals surface area contributed by atoms with Crippen molar-refractivity contribution in [3.8, 4) is 17.2 Å². The molecular weight excluding hydrogens is 320 g/mol. The van der Waals surface area contributed by atoms with Gasteiger partial charge in [-0.3, -0.25) is 20.4 Å². The Labute approximate surface area is 137 Å². The zero-order valence-electron chi connectivity index (χ0n) is 12.8. The molecule has 0 aliphatic rings. The Morgan fingerprint density at radius 1 is 0.913 bits per heavy atom. The lowest BCUT2D eigenvalue weighted by atomic mass is 10.1. The van der Waals surface area contributed by atoms with Crippen LogP contribution in [0, 0.1) is 0 Å². The van der Waals surface area contributed by atoms with Crippen LogP contribution in [0.1, 0.15) is 20.0 Å². The quantitative estimate of drug-likeness (QED) is 0.814. The highest BCUT2D eigenvalue weighted by molar-refractivity contribution is 7.12. The van der Waals surface area contributed by atoms with E-state index in [1.54, 1.807) is 17.5 Å². The Bertz CT molecular complexity index is 700. The fourth-order valence-corrected chi connectivity index (χ4v) is 2.48. The highest BCUT2D eigenvalue weighted by atomic mass is 32.1. The molecule has 23 heavy (non-hydrogen) atoms. The molecule has 2 amide bonds. The molecule has 0 aliphatic carbocycles. The standard InChI is InChI=1S/C15H16N2O5S/c1-20-10-8-12(22-3)11(21-2)7-9(10)14(18)16-17-15(19)13-5-4-6-23-13/h4-8H,1-3H3,(H,16,18)(H,17,19). The fourth-order valence-electron chi connectivity index (χ4n) is 1.86. The summed E-state index contributed by atoms with van der Waals surface area (Å²) in [5.74, 6) is 0.178. The topological polar surface area (TPSA) is 85.9 Å². The van der Waals surface area contributed by atoms with Gasteiger partial charge in [-0.05, 0) is 11.4 Å². The molecule has 7 nitrogen and oxygen atoms in total. The molecule has 2 N–H and O–H groups in total. The Balaban J connectivity index is 2.16. The van der Waals surface area contributed by atoms with E-state index < -0.39 is 11.8 Å². The molecule has 0 aliphatic heterocycles. The van der Waals surface area contributed by atoms with Crippen LogP contribution in [0.25, 0.3) is 0 Å². The van der Waals surface area contributed by atoms with E-state index in [1.165, 1.54) is 44.8 Å². The minimum Gasteiger partial charge on any atom is -0.496 e. The molecular formula is C15H16N2O5S. The Kier molecular flexibility index (Phi) is 5.42. The number of ether oxygens (including phenoxy) is 3. The molecule has 1 aromatic carbocycles. The molecule has 0 bridgehead atoms. The lowest BCUT2D eigenvalue weighted by Crippen LogP contribution is -2.41. The van der Waals surface area contributed by atoms with E-state index in [0.29, 0.717) is 22.1 Å². The minimum atomic E-state index is -0.535. The molecule has 0 spiro atoms. The minimum absolute atomic E-state index is 0.205. The van der Waals surface area contributed by atoms with Crippen molar-refractivity contribution in [1.82, 2.24) is 10.9 Å². The summed E-state index contributed by atoms with van der Waals surface area (Å²) in [6.07, 6.45) is 0. The summed E-state index contributed by atoms with van der Waals surface area (Å²) >= 11 is 1.27. The van der Waals surface area contributed by atoms with E-state index in [9.17, 15) is 9.59 Å². The number of carbonyl (C=O) groups is 2. The average Bonchev–Trinajstić information content (AvgIpc) is 3.12. The van der Waals surface area contributed by atoms with Crippen molar-refractivity contribution < 1.29 is 23.8 Å². The normalized spacial score (nSPS) is 9.87. The number of nitrogens with one attached hydrogen (secondary N) is 2. The van der Waals surface area contributed by atoms with E-state index >= 15 is 0 Å². The van der Waals surface area contributed by atoms with Crippen LogP contribution >= 0.6 is 11.3 Å². The molecule has 0 saturated heterocycles. The molecule has 122 valence electrons. The second-order valence-electron chi connectivity index (χ2n) is 4.29. The predicted octanol–water partition coefficient (Wildman–Crippen LogP) is 1.85. The van der Waals surface area contributed by atoms with E-state index in [0.717, 1.165) is 0 Å². The molecule has 2 rings (SSSR count). The van der Waals surface area contributed by atoms with Crippen LogP contribution in [0.15, 0.2) is 29.6 Å². The van der Waals surface area contributed by atoms with Crippen molar-refractivity contribution >= 4 is 23.2 Å². The van der Waals surface area contributed by atoms with Gasteiger partial charge in [-0.15, -0.1) is 11.3 Å². The Morgan fingerprint density at radius 3 is 2.09 bits per heavy atom. The number of carbonyl (C=O) groups excluding carboxylic acids is 2. The van der Waals surface area contributed by atoms with Gasteiger partial charge in [0.05, 0.1) is 31.8 Å². The van der Waals surface area contributed by atoms with Gasteiger partial charge in [-0.25, -0.2) is 0 Å². The summed E-state index contributed by atoms with van der Waals surface area (Å²) in [5, 5.41) is 1.77. The molecule has 0 saturated carbocycles. The van der Waals surface area contributed by atoms with Crippen LogP contribution in [0.2, 0.25) is 0 Å². The zero-order chi connectivity index (χ0) is 16.8. The highest BCUT2D eigenvalue weighted by Crippen LogP contribution is 2.34. The third kappa shape index (κ3) is 3.72. The van der Waals surface area contributed by atoms with Gasteiger partial charge >= 0.3 is 0 Å². The van der Waals surface area contributed by atoms with Crippen LogP contribution in [-0.4, -0.2) is 33.1 Å². The van der Waals surface area contributed by atoms with Gasteiger partial charge < -0.3 is 14.2 Å². The number of hydrogen-bond acceptors (Lipinski definition) is 6. The van der Waals surface area contributed by atoms with Gasteiger partial charge in [0.25, 0.3) is 11.8 Å². The molecule has 1 aromatic heterocycles. The Morgan fingerprint density at radius 2 is 1.52 bits per heavy atom. The zero-order valence-corrected chi connectivity index (χ0v) is 13.7. The molecule has 1 heterocycles. The highest BCUT2D eigenvalue weighted by Gasteiger charge is 2.18. The first-order valence-corrected chi connectivity index (χ1v) is 7.42. The van der Waals surface area contributed by atoms with Gasteiger partial charge in [0.15, 0.2) is 11.5 Å². The third-order valence-electron chi connectivity index (χ3n) is 2.98. The molecule has 0 fully saturated rings. The summed E-state index contributed by atoms with van der Waals surface area (Å²) in [6, 6.07) is 6.42. The first-order chi connectivity index (χ1) is 11.1. The predicted molar refractivity (Wildman–Crippen MR) is 85.3 cm³/mol. The second kappa shape index (κ2) is 7.50. The van der Waals surface area contributed by atoms with Crippen molar-refractivity contribution in [1.29, 1.82) is 0 Å². The summed E-state index contributed by atoms with van der Waals surface area (Å²) in [4.78, 5) is 24.6. The molecule has 2 aromatic rings. The molecule has 0 radical (unpaired) electrons. The number of methoxy groups -OCH3 is 3. The summed E-state index contributed by atoms with van der Waals surface area (Å²) in [6.45, 7) is 0. The van der Waals surface area contributed by atoms with Crippen molar-refractivity contribution in [3.63, 3.8) is 0 Å². The number of thiophene rings is 1. The average molecular weight is 336 g/mol. The smallest absolute Gasteiger partial charge is 0.279 e. The summed E-state index contributed by atoms with van der Waals surface area (Å²) in [5.41, 5.74) is 4.89. The number of hydrogen-bond donors (Lipinski definition) is 2. The molecule has 0 unspecified atom stereocenters. The number of rotatable bonds is 5. The van der Waals surface area contributed by atoms with Crippen molar-refractivity contribution in [3.05, 3.63) is 40.1 Å². The molecule has 0 atom stereocenters. The van der Waals surface area contributed by atoms with Gasteiger partial charge in [0.1, 0.15) is 5.75 Å². The number of benzene rings is 1. The van der Waals surface area contributed by atoms with E-state index in [4.69, 9.17) is 14.2 Å².